The molecule has 37 heavy (non-hydrogen) atoms. The summed E-state index contributed by atoms with van der Waals surface area (Å²) in [5.41, 5.74) is 10.1. The molecule has 0 aliphatic heterocycles. The number of amides is 2. The lowest BCUT2D eigenvalue weighted by atomic mass is 10.0. The Morgan fingerprint density at radius 1 is 1.08 bits per heavy atom. The van der Waals surface area contributed by atoms with Gasteiger partial charge in [-0.3, -0.25) is 9.59 Å². The third kappa shape index (κ3) is 11.4. The number of carbonyl (C=O) groups excluding carboxylic acids is 2. The molecule has 0 saturated carbocycles. The Bertz CT molecular complexity index is 1310. The lowest BCUT2D eigenvalue weighted by molar-refractivity contribution is 0.266. The van der Waals surface area contributed by atoms with Crippen LogP contribution in [0, 0.1) is 5.82 Å². The van der Waals surface area contributed by atoms with Crippen molar-refractivity contribution in [1.29, 1.82) is 0 Å². The van der Waals surface area contributed by atoms with Gasteiger partial charge >= 0.3 is 0 Å². The first-order valence-electron chi connectivity index (χ1n) is 9.49. The number of carbonyl (C=O) groups is 2. The van der Waals surface area contributed by atoms with Crippen molar-refractivity contribution < 1.29 is 32.3 Å². The second-order valence-corrected chi connectivity index (χ2v) is 9.58. The summed E-state index contributed by atoms with van der Waals surface area (Å²) < 4.78 is 43.6. The molecule has 3 aromatic rings. The van der Waals surface area contributed by atoms with Crippen LogP contribution in [-0.2, 0) is 10.0 Å². The third-order valence-corrected chi connectivity index (χ3v) is 5.48. The highest BCUT2D eigenvalue weighted by Crippen LogP contribution is 2.40. The minimum atomic E-state index is -3.96. The average molecular weight is 594 g/mol. The summed E-state index contributed by atoms with van der Waals surface area (Å²) in [6.07, 6.45) is 1.70. The van der Waals surface area contributed by atoms with Crippen LogP contribution in [0.25, 0.3) is 22.5 Å². The zero-order valence-corrected chi connectivity index (χ0v) is 22.2. The standard InChI is InChI=1S/C20H17ClFNO3S.2CH3NOS.CH4.H2O/c1-3-12(2)18-11-15(14-6-4-5-7-19(14)27(23,24)25)20(26-18)13-8-9-17(22)16(21)10-13;2*2-1(3)4;;/h3-12H,1H2,2H3,(H2,23,24,25);2*(H3,2,3,4);1H4;1H2. The van der Waals surface area contributed by atoms with Gasteiger partial charge in [0.25, 0.3) is 10.5 Å². The van der Waals surface area contributed by atoms with E-state index in [0.29, 0.717) is 28.2 Å². The van der Waals surface area contributed by atoms with E-state index in [4.69, 9.17) is 30.7 Å². The molecule has 1 atom stereocenters. The molecule has 2 amide bonds. The van der Waals surface area contributed by atoms with Crippen LogP contribution in [0.5, 0.6) is 0 Å². The minimum absolute atomic E-state index is 0. The SMILES string of the molecule is C.C=CC(C)c1cc(-c2ccccc2S(N)(=O)=O)c(-c2ccc(F)c(Cl)c2)o1.NC(=O)S.NC(=O)S.O. The van der Waals surface area contributed by atoms with Crippen LogP contribution in [0.15, 0.2) is 70.5 Å². The van der Waals surface area contributed by atoms with Crippen LogP contribution in [0.2, 0.25) is 5.02 Å². The first-order chi connectivity index (χ1) is 16.2. The van der Waals surface area contributed by atoms with Crippen LogP contribution >= 0.6 is 36.9 Å². The Balaban J connectivity index is 0. The molecular formula is C23H29ClFN3O6S3. The van der Waals surface area contributed by atoms with E-state index < -0.39 is 26.3 Å². The summed E-state index contributed by atoms with van der Waals surface area (Å²) >= 11 is 12.1. The van der Waals surface area contributed by atoms with Gasteiger partial charge in [0.2, 0.25) is 10.0 Å². The molecule has 0 saturated heterocycles. The molecule has 1 aromatic heterocycles. The molecule has 14 heteroatoms. The van der Waals surface area contributed by atoms with Crippen LogP contribution in [-0.4, -0.2) is 24.4 Å². The molecule has 0 bridgehead atoms. The summed E-state index contributed by atoms with van der Waals surface area (Å²) in [4.78, 5) is 18.1. The molecule has 0 aliphatic rings. The number of halogens is 2. The number of hydrogen-bond acceptors (Lipinski definition) is 5. The number of benzene rings is 2. The molecule has 0 radical (unpaired) electrons. The summed E-state index contributed by atoms with van der Waals surface area (Å²) in [5, 5.41) is 4.04. The maximum atomic E-state index is 13.6. The molecule has 8 N–H and O–H groups in total. The fraction of sp³-hybridized carbons (Fsp3) is 0.130. The maximum absolute atomic E-state index is 13.6. The van der Waals surface area contributed by atoms with E-state index in [-0.39, 0.29) is 28.7 Å². The normalized spacial score (nSPS) is 10.6. The van der Waals surface area contributed by atoms with Gasteiger partial charge in [-0.15, -0.1) is 6.58 Å². The van der Waals surface area contributed by atoms with Crippen LogP contribution in [0.3, 0.4) is 0 Å². The van der Waals surface area contributed by atoms with E-state index in [1.54, 1.807) is 30.3 Å². The van der Waals surface area contributed by atoms with Crippen molar-refractivity contribution in [2.24, 2.45) is 16.6 Å². The summed E-state index contributed by atoms with van der Waals surface area (Å²) in [6.45, 7) is 5.65. The highest BCUT2D eigenvalue weighted by molar-refractivity contribution is 7.96. The quantitative estimate of drug-likeness (QED) is 0.201. The van der Waals surface area contributed by atoms with Gasteiger partial charge in [-0.25, -0.2) is 17.9 Å². The summed E-state index contributed by atoms with van der Waals surface area (Å²) in [7, 11) is -3.96. The minimum Gasteiger partial charge on any atom is -0.460 e. The van der Waals surface area contributed by atoms with E-state index in [2.05, 4.69) is 43.3 Å². The van der Waals surface area contributed by atoms with Gasteiger partial charge in [-0.1, -0.05) is 75.5 Å². The van der Waals surface area contributed by atoms with Crippen molar-refractivity contribution in [1.82, 2.24) is 0 Å². The van der Waals surface area contributed by atoms with Crippen LogP contribution < -0.4 is 16.6 Å². The molecule has 3 rings (SSSR count). The second-order valence-electron chi connectivity index (χ2n) is 6.76. The first kappa shape index (κ1) is 36.3. The van der Waals surface area contributed by atoms with E-state index in [9.17, 15) is 12.8 Å². The van der Waals surface area contributed by atoms with E-state index in [1.165, 1.54) is 24.3 Å². The first-order valence-corrected chi connectivity index (χ1v) is 12.3. The molecule has 1 heterocycles. The third-order valence-electron chi connectivity index (χ3n) is 4.22. The Kier molecular flexibility index (Phi) is 15.8. The van der Waals surface area contributed by atoms with Crippen molar-refractivity contribution in [2.75, 3.05) is 0 Å². The smallest absolute Gasteiger partial charge is 0.273 e. The van der Waals surface area contributed by atoms with E-state index in [1.807, 2.05) is 6.92 Å². The largest absolute Gasteiger partial charge is 0.460 e. The highest BCUT2D eigenvalue weighted by Gasteiger charge is 2.23. The van der Waals surface area contributed by atoms with Gasteiger partial charge in [0.15, 0.2) is 0 Å². The Labute approximate surface area is 231 Å². The summed E-state index contributed by atoms with van der Waals surface area (Å²) in [6, 6.07) is 12.3. The lowest BCUT2D eigenvalue weighted by Gasteiger charge is -2.08. The molecule has 1 unspecified atom stereocenters. The number of rotatable bonds is 5. The predicted molar refractivity (Wildman–Crippen MR) is 152 cm³/mol. The van der Waals surface area contributed by atoms with Gasteiger partial charge in [0, 0.05) is 22.6 Å². The topological polar surface area (TPSA) is 191 Å². The van der Waals surface area contributed by atoms with Crippen molar-refractivity contribution >= 4 is 57.4 Å². The Morgan fingerprint density at radius 2 is 1.59 bits per heavy atom. The molecule has 9 nitrogen and oxygen atoms in total. The highest BCUT2D eigenvalue weighted by atomic mass is 35.5. The fourth-order valence-corrected chi connectivity index (χ4v) is 3.67. The molecule has 204 valence electrons. The number of primary sulfonamides is 1. The monoisotopic (exact) mass is 593 g/mol. The fourth-order valence-electron chi connectivity index (χ4n) is 2.74. The number of allylic oxidation sites excluding steroid dienone is 1. The molecule has 2 aromatic carbocycles. The van der Waals surface area contributed by atoms with Crippen molar-refractivity contribution in [2.45, 2.75) is 25.2 Å². The second kappa shape index (κ2) is 16.1. The van der Waals surface area contributed by atoms with Crippen LogP contribution in [0.4, 0.5) is 14.0 Å². The van der Waals surface area contributed by atoms with Crippen molar-refractivity contribution in [3.8, 4) is 22.5 Å². The van der Waals surface area contributed by atoms with Gasteiger partial charge in [0.05, 0.1) is 9.92 Å². The molecule has 0 spiro atoms. The van der Waals surface area contributed by atoms with Crippen molar-refractivity contribution in [3.05, 3.63) is 77.8 Å². The predicted octanol–water partition coefficient (Wildman–Crippen LogP) is 5.14. The summed E-state index contributed by atoms with van der Waals surface area (Å²) in [5.74, 6) is 0.282. The average Bonchev–Trinajstić information content (AvgIpc) is 3.19. The maximum Gasteiger partial charge on any atom is 0.273 e. The van der Waals surface area contributed by atoms with E-state index in [0.717, 1.165) is 0 Å². The number of furan rings is 1. The number of sulfonamides is 1. The zero-order chi connectivity index (χ0) is 26.9. The van der Waals surface area contributed by atoms with Gasteiger partial charge < -0.3 is 21.4 Å². The van der Waals surface area contributed by atoms with Gasteiger partial charge in [-0.2, -0.15) is 0 Å². The van der Waals surface area contributed by atoms with Crippen molar-refractivity contribution in [3.63, 3.8) is 0 Å². The number of nitrogens with two attached hydrogens (primary N) is 3. The van der Waals surface area contributed by atoms with Gasteiger partial charge in [0.1, 0.15) is 17.3 Å². The van der Waals surface area contributed by atoms with Crippen LogP contribution in [0.1, 0.15) is 26.0 Å². The molecular weight excluding hydrogens is 565 g/mol. The zero-order valence-electron chi connectivity index (χ0n) is 18.8. The number of hydrogen-bond donors (Lipinski definition) is 5. The lowest BCUT2D eigenvalue weighted by Crippen LogP contribution is -2.13. The Hall–Kier alpha value is -2.81. The number of thiol groups is 2. The number of primary amides is 2. The molecule has 0 aliphatic carbocycles. The van der Waals surface area contributed by atoms with Gasteiger partial charge in [-0.05, 0) is 30.3 Å². The Morgan fingerprint density at radius 3 is 2.05 bits per heavy atom. The van der Waals surface area contributed by atoms with E-state index >= 15 is 0 Å². The molecule has 0 fully saturated rings.